The summed E-state index contributed by atoms with van der Waals surface area (Å²) in [5, 5.41) is 8.97. The van der Waals surface area contributed by atoms with Crippen molar-refractivity contribution in [1.82, 2.24) is 4.90 Å². The molecule has 1 aliphatic rings. The molecule has 1 saturated heterocycles. The highest BCUT2D eigenvalue weighted by molar-refractivity contribution is 5.80. The minimum absolute atomic E-state index is 0.141. The lowest BCUT2D eigenvalue weighted by Crippen LogP contribution is -2.41. The molecule has 3 heteroatoms. The maximum Gasteiger partial charge on any atom is 0.251 e. The van der Waals surface area contributed by atoms with Gasteiger partial charge in [-0.25, -0.2) is 0 Å². The lowest BCUT2D eigenvalue weighted by molar-refractivity contribution is -0.139. The largest absolute Gasteiger partial charge is 0.384 e. The van der Waals surface area contributed by atoms with Crippen LogP contribution in [0, 0.1) is 6.42 Å². The van der Waals surface area contributed by atoms with E-state index in [1.165, 1.54) is 6.92 Å². The normalized spacial score (nSPS) is 21.5. The maximum atomic E-state index is 11.2. The van der Waals surface area contributed by atoms with Gasteiger partial charge in [0.15, 0.2) is 0 Å². The molecule has 0 bridgehead atoms. The van der Waals surface area contributed by atoms with Crippen molar-refractivity contribution in [1.29, 1.82) is 0 Å². The van der Waals surface area contributed by atoms with Crippen LogP contribution >= 0.6 is 0 Å². The van der Waals surface area contributed by atoms with Gasteiger partial charge in [-0.05, 0) is 26.2 Å². The van der Waals surface area contributed by atoms with Crippen molar-refractivity contribution >= 4 is 5.91 Å². The Bertz CT molecular complexity index is 139. The molecule has 11 heavy (non-hydrogen) atoms. The smallest absolute Gasteiger partial charge is 0.251 e. The van der Waals surface area contributed by atoms with E-state index in [-0.39, 0.29) is 5.91 Å². The average molecular weight is 156 g/mol. The number of carbonyl (C=O) groups is 1. The van der Waals surface area contributed by atoms with Gasteiger partial charge in [0, 0.05) is 13.1 Å². The van der Waals surface area contributed by atoms with E-state index in [1.54, 1.807) is 4.90 Å². The molecule has 1 N–H and O–H groups in total. The van der Waals surface area contributed by atoms with Gasteiger partial charge in [0.25, 0.3) is 5.91 Å². The first-order valence-corrected chi connectivity index (χ1v) is 4.00. The average Bonchev–Trinajstić information content (AvgIpc) is 2.05. The van der Waals surface area contributed by atoms with Gasteiger partial charge >= 0.3 is 0 Å². The second-order valence-electron chi connectivity index (χ2n) is 2.87. The van der Waals surface area contributed by atoms with Gasteiger partial charge in [0.2, 0.25) is 0 Å². The summed E-state index contributed by atoms with van der Waals surface area (Å²) in [6.45, 7) is 3.05. The molecule has 0 aliphatic carbocycles. The molecule has 0 aromatic carbocycles. The molecule has 0 spiro atoms. The highest BCUT2D eigenvalue weighted by Gasteiger charge is 2.19. The molecule has 1 rings (SSSR count). The summed E-state index contributed by atoms with van der Waals surface area (Å²) in [4.78, 5) is 12.9. The number of carbonyl (C=O) groups excluding carboxylic acids is 1. The minimum Gasteiger partial charge on any atom is -0.384 e. The quantitative estimate of drug-likeness (QED) is 0.589. The second-order valence-corrected chi connectivity index (χ2v) is 2.87. The lowest BCUT2D eigenvalue weighted by Gasteiger charge is -2.27. The molecule has 1 aliphatic heterocycles. The van der Waals surface area contributed by atoms with Crippen molar-refractivity contribution in [2.75, 3.05) is 13.1 Å². The van der Waals surface area contributed by atoms with Gasteiger partial charge in [-0.15, -0.1) is 0 Å². The van der Waals surface area contributed by atoms with Gasteiger partial charge in [-0.3, -0.25) is 4.79 Å². The van der Waals surface area contributed by atoms with Crippen LogP contribution in [0.4, 0.5) is 0 Å². The van der Waals surface area contributed by atoms with E-state index in [4.69, 9.17) is 5.11 Å². The Morgan fingerprint density at radius 3 is 2.55 bits per heavy atom. The van der Waals surface area contributed by atoms with Crippen molar-refractivity contribution in [3.8, 4) is 0 Å². The van der Waals surface area contributed by atoms with Crippen molar-refractivity contribution in [2.24, 2.45) is 0 Å². The third-order valence-corrected chi connectivity index (χ3v) is 1.88. The van der Waals surface area contributed by atoms with E-state index < -0.39 is 6.10 Å². The van der Waals surface area contributed by atoms with E-state index >= 15 is 0 Å². The van der Waals surface area contributed by atoms with Crippen molar-refractivity contribution in [3.05, 3.63) is 6.42 Å². The number of hydrogen-bond acceptors (Lipinski definition) is 2. The van der Waals surface area contributed by atoms with E-state index in [2.05, 4.69) is 6.42 Å². The number of hydrogen-bond donors (Lipinski definition) is 1. The fourth-order valence-electron chi connectivity index (χ4n) is 1.23. The van der Waals surface area contributed by atoms with Crippen LogP contribution in [0.2, 0.25) is 0 Å². The van der Waals surface area contributed by atoms with Crippen LogP contribution in [-0.2, 0) is 4.79 Å². The van der Waals surface area contributed by atoms with Crippen LogP contribution in [0.25, 0.3) is 0 Å². The molecule has 0 aromatic rings. The molecular weight excluding hydrogens is 142 g/mol. The van der Waals surface area contributed by atoms with E-state index in [1.807, 2.05) is 0 Å². The molecule has 1 fully saturated rings. The second kappa shape index (κ2) is 3.72. The predicted molar refractivity (Wildman–Crippen MR) is 41.8 cm³/mol. The molecule has 1 atom stereocenters. The first kappa shape index (κ1) is 8.53. The molecule has 1 amide bonds. The van der Waals surface area contributed by atoms with Crippen molar-refractivity contribution < 1.29 is 9.90 Å². The number of nitrogens with zero attached hydrogens (tertiary/aromatic N) is 1. The molecular formula is C8H14NO2. The maximum absolute atomic E-state index is 11.2. The van der Waals surface area contributed by atoms with Crippen LogP contribution < -0.4 is 0 Å². The summed E-state index contributed by atoms with van der Waals surface area (Å²) in [5.74, 6) is -0.141. The Hall–Kier alpha value is -0.570. The SMILES string of the molecule is C[C@H](O)C(=O)N1CC[CH]CC1. The monoisotopic (exact) mass is 156 g/mol. The van der Waals surface area contributed by atoms with Gasteiger partial charge in [0.05, 0.1) is 0 Å². The van der Waals surface area contributed by atoms with Crippen LogP contribution in [0.1, 0.15) is 19.8 Å². The predicted octanol–water partition coefficient (Wildman–Crippen LogP) is 0.194. The number of rotatable bonds is 1. The van der Waals surface area contributed by atoms with Gasteiger partial charge < -0.3 is 10.0 Å². The third-order valence-electron chi connectivity index (χ3n) is 1.88. The highest BCUT2D eigenvalue weighted by atomic mass is 16.3. The van der Waals surface area contributed by atoms with Crippen LogP contribution in [0.3, 0.4) is 0 Å². The summed E-state index contributed by atoms with van der Waals surface area (Å²) in [6, 6.07) is 0. The molecule has 3 nitrogen and oxygen atoms in total. The van der Waals surface area contributed by atoms with Crippen LogP contribution in [0.15, 0.2) is 0 Å². The molecule has 1 radical (unpaired) electrons. The molecule has 1 heterocycles. The summed E-state index contributed by atoms with van der Waals surface area (Å²) in [6.07, 6.45) is 3.25. The van der Waals surface area contributed by atoms with Crippen molar-refractivity contribution in [2.45, 2.75) is 25.9 Å². The number of aliphatic hydroxyl groups excluding tert-OH is 1. The first-order chi connectivity index (χ1) is 5.22. The Morgan fingerprint density at radius 2 is 2.09 bits per heavy atom. The zero-order valence-electron chi connectivity index (χ0n) is 6.79. The zero-order valence-corrected chi connectivity index (χ0v) is 6.79. The van der Waals surface area contributed by atoms with Crippen LogP contribution in [-0.4, -0.2) is 35.1 Å². The van der Waals surface area contributed by atoms with Crippen LogP contribution in [0.5, 0.6) is 0 Å². The summed E-state index contributed by atoms with van der Waals surface area (Å²) in [5.41, 5.74) is 0. The van der Waals surface area contributed by atoms with Crippen molar-refractivity contribution in [3.63, 3.8) is 0 Å². The lowest BCUT2D eigenvalue weighted by atomic mass is 10.1. The molecule has 0 unspecified atom stereocenters. The number of amides is 1. The fraction of sp³-hybridized carbons (Fsp3) is 0.750. The Labute approximate surface area is 67.0 Å². The molecule has 0 saturated carbocycles. The third kappa shape index (κ3) is 2.19. The summed E-state index contributed by atoms with van der Waals surface area (Å²) in [7, 11) is 0. The fourth-order valence-corrected chi connectivity index (χ4v) is 1.23. The Balaban J connectivity index is 2.39. The number of likely N-dealkylation sites (tertiary alicyclic amines) is 1. The topological polar surface area (TPSA) is 40.5 Å². The molecule has 63 valence electrons. The van der Waals surface area contributed by atoms with Gasteiger partial charge in [0.1, 0.15) is 6.10 Å². The number of piperidine rings is 1. The van der Waals surface area contributed by atoms with Gasteiger partial charge in [-0.1, -0.05) is 0 Å². The number of aliphatic hydroxyl groups is 1. The standard InChI is InChI=1S/C8H14NO2/c1-7(10)8(11)9-5-3-2-4-6-9/h2,7,10H,3-6H2,1H3/t7-/m0/s1. The van der Waals surface area contributed by atoms with E-state index in [9.17, 15) is 4.79 Å². The van der Waals surface area contributed by atoms with E-state index in [0.29, 0.717) is 0 Å². The molecule has 0 aromatic heterocycles. The first-order valence-electron chi connectivity index (χ1n) is 4.00. The minimum atomic E-state index is -0.840. The van der Waals surface area contributed by atoms with Gasteiger partial charge in [-0.2, -0.15) is 0 Å². The Morgan fingerprint density at radius 1 is 1.55 bits per heavy atom. The summed E-state index contributed by atoms with van der Waals surface area (Å²) >= 11 is 0. The highest BCUT2D eigenvalue weighted by Crippen LogP contribution is 2.08. The Kier molecular flexibility index (Phi) is 2.88. The zero-order chi connectivity index (χ0) is 8.27. The van der Waals surface area contributed by atoms with E-state index in [0.717, 1.165) is 25.9 Å². The summed E-state index contributed by atoms with van der Waals surface area (Å²) < 4.78 is 0.